The zero-order valence-corrected chi connectivity index (χ0v) is 11.4. The van der Waals surface area contributed by atoms with Gasteiger partial charge in [0.05, 0.1) is 17.6 Å². The van der Waals surface area contributed by atoms with Gasteiger partial charge in [-0.1, -0.05) is 0 Å². The molecule has 3 heterocycles. The lowest BCUT2D eigenvalue weighted by atomic mass is 10.2. The maximum Gasteiger partial charge on any atom is 0.0738 e. The van der Waals surface area contributed by atoms with Crippen LogP contribution in [-0.2, 0) is 6.54 Å². The Bertz CT molecular complexity index is 549. The lowest BCUT2D eigenvalue weighted by Gasteiger charge is -2.36. The molecule has 0 bridgehead atoms. The van der Waals surface area contributed by atoms with Crippen molar-refractivity contribution in [2.45, 2.75) is 6.54 Å². The second-order valence-corrected chi connectivity index (χ2v) is 5.05. The number of piperazine rings is 1. The van der Waals surface area contributed by atoms with Gasteiger partial charge in [-0.2, -0.15) is 0 Å². The Morgan fingerprint density at radius 1 is 0.950 bits per heavy atom. The van der Waals surface area contributed by atoms with Crippen molar-refractivity contribution < 1.29 is 0 Å². The standard InChI is InChI=1S/C15H19N5/c16-14-11-18-6-3-15(14)20-9-7-19(8-10-20)12-13-1-4-17-5-2-13/h1-6,11H,7-10,12,16H2. The van der Waals surface area contributed by atoms with Gasteiger partial charge >= 0.3 is 0 Å². The molecule has 1 aliphatic rings. The summed E-state index contributed by atoms with van der Waals surface area (Å²) in [7, 11) is 0. The highest BCUT2D eigenvalue weighted by Gasteiger charge is 2.18. The van der Waals surface area contributed by atoms with Gasteiger partial charge in [-0.3, -0.25) is 14.9 Å². The molecule has 0 radical (unpaired) electrons. The average Bonchev–Trinajstić information content (AvgIpc) is 2.50. The van der Waals surface area contributed by atoms with Gasteiger partial charge in [0.2, 0.25) is 0 Å². The lowest BCUT2D eigenvalue weighted by Crippen LogP contribution is -2.46. The van der Waals surface area contributed by atoms with Crippen molar-refractivity contribution >= 4 is 11.4 Å². The largest absolute Gasteiger partial charge is 0.396 e. The van der Waals surface area contributed by atoms with E-state index in [-0.39, 0.29) is 0 Å². The molecule has 0 unspecified atom stereocenters. The van der Waals surface area contributed by atoms with Gasteiger partial charge in [0.15, 0.2) is 0 Å². The minimum absolute atomic E-state index is 0.759. The third kappa shape index (κ3) is 2.88. The van der Waals surface area contributed by atoms with E-state index >= 15 is 0 Å². The predicted molar refractivity (Wildman–Crippen MR) is 80.4 cm³/mol. The van der Waals surface area contributed by atoms with Gasteiger partial charge in [0, 0.05) is 51.3 Å². The van der Waals surface area contributed by atoms with Crippen LogP contribution in [0, 0.1) is 0 Å². The molecule has 0 aliphatic carbocycles. The minimum Gasteiger partial charge on any atom is -0.396 e. The van der Waals surface area contributed by atoms with Gasteiger partial charge in [-0.25, -0.2) is 0 Å². The molecule has 5 nitrogen and oxygen atoms in total. The molecular weight excluding hydrogens is 250 g/mol. The van der Waals surface area contributed by atoms with Gasteiger partial charge in [-0.05, 0) is 23.8 Å². The molecule has 2 N–H and O–H groups in total. The Morgan fingerprint density at radius 2 is 1.65 bits per heavy atom. The molecule has 0 aromatic carbocycles. The number of anilines is 2. The molecule has 1 saturated heterocycles. The van der Waals surface area contributed by atoms with E-state index in [1.54, 1.807) is 12.4 Å². The van der Waals surface area contributed by atoms with Crippen molar-refractivity contribution in [3.05, 3.63) is 48.5 Å². The SMILES string of the molecule is Nc1cnccc1N1CCN(Cc2ccncc2)CC1. The first-order valence-electron chi connectivity index (χ1n) is 6.88. The van der Waals surface area contributed by atoms with Gasteiger partial charge < -0.3 is 10.6 Å². The molecule has 20 heavy (non-hydrogen) atoms. The summed E-state index contributed by atoms with van der Waals surface area (Å²) < 4.78 is 0. The highest BCUT2D eigenvalue weighted by atomic mass is 15.3. The molecular formula is C15H19N5. The van der Waals surface area contributed by atoms with Crippen LogP contribution in [0.25, 0.3) is 0 Å². The van der Waals surface area contributed by atoms with Crippen LogP contribution < -0.4 is 10.6 Å². The smallest absolute Gasteiger partial charge is 0.0738 e. The van der Waals surface area contributed by atoms with Crippen LogP contribution in [0.1, 0.15) is 5.56 Å². The number of hydrogen-bond acceptors (Lipinski definition) is 5. The fourth-order valence-electron chi connectivity index (χ4n) is 2.58. The Morgan fingerprint density at radius 3 is 2.35 bits per heavy atom. The first-order valence-corrected chi connectivity index (χ1v) is 6.88. The van der Waals surface area contributed by atoms with E-state index in [0.29, 0.717) is 0 Å². The zero-order chi connectivity index (χ0) is 13.8. The average molecular weight is 269 g/mol. The summed E-state index contributed by atoms with van der Waals surface area (Å²) in [6.07, 6.45) is 7.22. The van der Waals surface area contributed by atoms with Gasteiger partial charge in [0.1, 0.15) is 0 Å². The Hall–Kier alpha value is -2.14. The third-order valence-corrected chi connectivity index (χ3v) is 3.70. The molecule has 0 spiro atoms. The molecule has 0 atom stereocenters. The summed E-state index contributed by atoms with van der Waals surface area (Å²) in [6.45, 7) is 5.08. The Balaban J connectivity index is 1.59. The van der Waals surface area contributed by atoms with Crippen LogP contribution >= 0.6 is 0 Å². The normalized spacial score (nSPS) is 16.3. The number of aromatic nitrogens is 2. The number of nitrogen functional groups attached to an aromatic ring is 1. The van der Waals surface area contributed by atoms with Crippen LogP contribution in [0.3, 0.4) is 0 Å². The molecule has 1 aliphatic heterocycles. The molecule has 2 aromatic rings. The van der Waals surface area contributed by atoms with Gasteiger partial charge in [0.25, 0.3) is 0 Å². The monoisotopic (exact) mass is 269 g/mol. The minimum atomic E-state index is 0.759. The molecule has 0 amide bonds. The molecule has 5 heteroatoms. The Labute approximate surface area is 119 Å². The summed E-state index contributed by atoms with van der Waals surface area (Å²) >= 11 is 0. The number of pyridine rings is 2. The zero-order valence-electron chi connectivity index (χ0n) is 11.4. The van der Waals surface area contributed by atoms with Crippen molar-refractivity contribution in [3.63, 3.8) is 0 Å². The van der Waals surface area contributed by atoms with Crippen LogP contribution in [-0.4, -0.2) is 41.0 Å². The molecule has 0 saturated carbocycles. The van der Waals surface area contributed by atoms with Crippen molar-refractivity contribution in [2.75, 3.05) is 36.8 Å². The molecule has 3 rings (SSSR count). The fourth-order valence-corrected chi connectivity index (χ4v) is 2.58. The maximum atomic E-state index is 5.98. The van der Waals surface area contributed by atoms with Crippen molar-refractivity contribution in [3.8, 4) is 0 Å². The number of rotatable bonds is 3. The second-order valence-electron chi connectivity index (χ2n) is 5.05. The first kappa shape index (κ1) is 12.9. The first-order chi connectivity index (χ1) is 9.83. The number of nitrogens with two attached hydrogens (primary N) is 1. The fraction of sp³-hybridized carbons (Fsp3) is 0.333. The quantitative estimate of drug-likeness (QED) is 0.912. The number of hydrogen-bond donors (Lipinski definition) is 1. The van der Waals surface area contributed by atoms with Crippen LogP contribution in [0.4, 0.5) is 11.4 Å². The second kappa shape index (κ2) is 5.88. The third-order valence-electron chi connectivity index (χ3n) is 3.70. The summed E-state index contributed by atoms with van der Waals surface area (Å²) in [5.41, 5.74) is 9.16. The Kier molecular flexibility index (Phi) is 3.78. The van der Waals surface area contributed by atoms with Crippen molar-refractivity contribution in [1.82, 2.24) is 14.9 Å². The summed E-state index contributed by atoms with van der Waals surface area (Å²) in [5.74, 6) is 0. The van der Waals surface area contributed by atoms with Crippen molar-refractivity contribution in [1.29, 1.82) is 0 Å². The maximum absolute atomic E-state index is 5.98. The van der Waals surface area contributed by atoms with E-state index in [1.165, 1.54) is 5.56 Å². The highest BCUT2D eigenvalue weighted by molar-refractivity contribution is 5.66. The van der Waals surface area contributed by atoms with Crippen LogP contribution in [0.5, 0.6) is 0 Å². The van der Waals surface area contributed by atoms with Gasteiger partial charge in [-0.15, -0.1) is 0 Å². The molecule has 2 aromatic heterocycles. The highest BCUT2D eigenvalue weighted by Crippen LogP contribution is 2.22. The molecule has 104 valence electrons. The van der Waals surface area contributed by atoms with E-state index < -0.39 is 0 Å². The predicted octanol–water partition coefficient (Wildman–Crippen LogP) is 1.38. The lowest BCUT2D eigenvalue weighted by molar-refractivity contribution is 0.250. The summed E-state index contributed by atoms with van der Waals surface area (Å²) in [5, 5.41) is 0. The van der Waals surface area contributed by atoms with E-state index in [0.717, 1.165) is 44.1 Å². The summed E-state index contributed by atoms with van der Waals surface area (Å²) in [4.78, 5) is 12.9. The van der Waals surface area contributed by atoms with Crippen molar-refractivity contribution in [2.24, 2.45) is 0 Å². The number of nitrogens with zero attached hydrogens (tertiary/aromatic N) is 4. The van der Waals surface area contributed by atoms with E-state index in [1.807, 2.05) is 18.5 Å². The van der Waals surface area contributed by atoms with E-state index in [4.69, 9.17) is 5.73 Å². The van der Waals surface area contributed by atoms with E-state index in [9.17, 15) is 0 Å². The summed E-state index contributed by atoms with van der Waals surface area (Å²) in [6, 6.07) is 6.15. The van der Waals surface area contributed by atoms with E-state index in [2.05, 4.69) is 31.9 Å². The van der Waals surface area contributed by atoms with Crippen LogP contribution in [0.15, 0.2) is 43.0 Å². The topological polar surface area (TPSA) is 58.3 Å². The molecule has 1 fully saturated rings. The van der Waals surface area contributed by atoms with Crippen LogP contribution in [0.2, 0.25) is 0 Å².